The third-order valence-corrected chi connectivity index (χ3v) is 4.04. The number of halogens is 1. The fraction of sp³-hybridized carbons (Fsp3) is 0.438. The van der Waals surface area contributed by atoms with Gasteiger partial charge in [-0.15, -0.1) is 0 Å². The van der Waals surface area contributed by atoms with Gasteiger partial charge in [0.15, 0.2) is 5.75 Å². The largest absolute Gasteiger partial charge is 0.493 e. The Bertz CT molecular complexity index is 604. The first-order valence-electron chi connectivity index (χ1n) is 6.91. The van der Waals surface area contributed by atoms with Crippen molar-refractivity contribution in [3.05, 3.63) is 47.5 Å². The molecule has 0 fully saturated rings. The van der Waals surface area contributed by atoms with Crippen LogP contribution < -0.4 is 10.1 Å². The standard InChI is InChI=1S/C16H22FN3O/c1-16(2,11-6-8-12(17)9-7-11)15(18-3)14-13(21-5)10-19-20(14)4/h6-10,15,18H,1-5H3. The van der Waals surface area contributed by atoms with E-state index >= 15 is 0 Å². The van der Waals surface area contributed by atoms with Gasteiger partial charge in [-0.3, -0.25) is 4.68 Å². The molecule has 0 aliphatic heterocycles. The Hall–Kier alpha value is -1.88. The first-order chi connectivity index (χ1) is 9.91. The lowest BCUT2D eigenvalue weighted by Crippen LogP contribution is -2.37. The van der Waals surface area contributed by atoms with E-state index < -0.39 is 0 Å². The molecule has 1 heterocycles. The first kappa shape index (κ1) is 15.5. The number of likely N-dealkylation sites (N-methyl/N-ethyl adjacent to an activating group) is 1. The van der Waals surface area contributed by atoms with Gasteiger partial charge in [-0.1, -0.05) is 26.0 Å². The molecule has 0 radical (unpaired) electrons. The van der Waals surface area contributed by atoms with Gasteiger partial charge in [-0.25, -0.2) is 4.39 Å². The minimum Gasteiger partial charge on any atom is -0.493 e. The minimum atomic E-state index is -0.260. The zero-order valence-electron chi connectivity index (χ0n) is 13.1. The summed E-state index contributed by atoms with van der Waals surface area (Å²) in [5, 5.41) is 7.61. The summed E-state index contributed by atoms with van der Waals surface area (Å²) in [5.74, 6) is 0.515. The molecular formula is C16H22FN3O. The molecule has 114 valence electrons. The molecule has 2 aromatic rings. The SMILES string of the molecule is CNC(c1c(OC)cnn1C)C(C)(C)c1ccc(F)cc1. The van der Waals surface area contributed by atoms with Crippen molar-refractivity contribution in [3.63, 3.8) is 0 Å². The molecule has 1 unspecified atom stereocenters. The van der Waals surface area contributed by atoms with E-state index in [9.17, 15) is 4.39 Å². The van der Waals surface area contributed by atoms with E-state index in [4.69, 9.17) is 4.74 Å². The fourth-order valence-electron chi connectivity index (χ4n) is 2.80. The van der Waals surface area contributed by atoms with E-state index in [2.05, 4.69) is 24.3 Å². The summed E-state index contributed by atoms with van der Waals surface area (Å²) in [6, 6.07) is 6.60. The van der Waals surface area contributed by atoms with Crippen molar-refractivity contribution in [3.8, 4) is 5.75 Å². The molecule has 0 aliphatic rings. The summed E-state index contributed by atoms with van der Waals surface area (Å²) >= 11 is 0. The van der Waals surface area contributed by atoms with E-state index in [1.807, 2.05) is 30.9 Å². The third-order valence-electron chi connectivity index (χ3n) is 4.04. The van der Waals surface area contributed by atoms with Crippen LogP contribution in [-0.4, -0.2) is 23.9 Å². The minimum absolute atomic E-state index is 0.0228. The van der Waals surface area contributed by atoms with Gasteiger partial charge >= 0.3 is 0 Å². The molecule has 0 spiro atoms. The zero-order chi connectivity index (χ0) is 15.6. The predicted molar refractivity (Wildman–Crippen MR) is 81.0 cm³/mol. The summed E-state index contributed by atoms with van der Waals surface area (Å²) in [5.41, 5.74) is 1.75. The second-order valence-electron chi connectivity index (χ2n) is 5.67. The highest BCUT2D eigenvalue weighted by Gasteiger charge is 2.35. The van der Waals surface area contributed by atoms with Crippen LogP contribution in [0.2, 0.25) is 0 Å². The molecular weight excluding hydrogens is 269 g/mol. The maximum Gasteiger partial charge on any atom is 0.161 e. The molecule has 5 heteroatoms. The molecule has 1 N–H and O–H groups in total. The van der Waals surface area contributed by atoms with Crippen molar-refractivity contribution in [2.24, 2.45) is 7.05 Å². The van der Waals surface area contributed by atoms with E-state index in [1.165, 1.54) is 12.1 Å². The number of aromatic nitrogens is 2. The fourth-order valence-corrected chi connectivity index (χ4v) is 2.80. The van der Waals surface area contributed by atoms with Gasteiger partial charge in [0.1, 0.15) is 5.82 Å². The van der Waals surface area contributed by atoms with E-state index in [-0.39, 0.29) is 17.3 Å². The molecule has 21 heavy (non-hydrogen) atoms. The van der Waals surface area contributed by atoms with Crippen LogP contribution in [0.25, 0.3) is 0 Å². The number of nitrogens with zero attached hydrogens (tertiary/aromatic N) is 2. The average Bonchev–Trinajstić information content (AvgIpc) is 2.81. The molecule has 1 aromatic carbocycles. The number of ether oxygens (including phenoxy) is 1. The van der Waals surface area contributed by atoms with Crippen LogP contribution in [-0.2, 0) is 12.5 Å². The molecule has 0 saturated carbocycles. The monoisotopic (exact) mass is 291 g/mol. The Morgan fingerprint density at radius 1 is 1.29 bits per heavy atom. The van der Waals surface area contributed by atoms with Crippen LogP contribution in [0.3, 0.4) is 0 Å². The highest BCUT2D eigenvalue weighted by Crippen LogP contribution is 2.39. The number of aryl methyl sites for hydroxylation is 1. The summed E-state index contributed by atoms with van der Waals surface area (Å²) in [6.45, 7) is 4.24. The Morgan fingerprint density at radius 2 is 1.90 bits per heavy atom. The number of methoxy groups -OCH3 is 1. The molecule has 0 amide bonds. The number of nitrogens with one attached hydrogen (secondary N) is 1. The third kappa shape index (κ3) is 2.78. The van der Waals surface area contributed by atoms with Gasteiger partial charge in [-0.2, -0.15) is 5.10 Å². The predicted octanol–water partition coefficient (Wildman–Crippen LogP) is 2.81. The Kier molecular flexibility index (Phi) is 4.32. The van der Waals surface area contributed by atoms with Gasteiger partial charge in [0.25, 0.3) is 0 Å². The average molecular weight is 291 g/mol. The van der Waals surface area contributed by atoms with Crippen LogP contribution in [0.4, 0.5) is 4.39 Å². The van der Waals surface area contributed by atoms with Crippen molar-refractivity contribution in [1.82, 2.24) is 15.1 Å². The summed E-state index contributed by atoms with van der Waals surface area (Å²) in [7, 11) is 5.43. The maximum atomic E-state index is 13.2. The van der Waals surface area contributed by atoms with E-state index in [0.717, 1.165) is 17.0 Å². The topological polar surface area (TPSA) is 39.1 Å². The highest BCUT2D eigenvalue weighted by molar-refractivity contribution is 5.35. The molecule has 0 bridgehead atoms. The quantitative estimate of drug-likeness (QED) is 0.920. The number of hydrogen-bond acceptors (Lipinski definition) is 3. The first-order valence-corrected chi connectivity index (χ1v) is 6.91. The van der Waals surface area contributed by atoms with Gasteiger partial charge in [0, 0.05) is 12.5 Å². The van der Waals surface area contributed by atoms with E-state index in [0.29, 0.717) is 0 Å². The van der Waals surface area contributed by atoms with Crippen LogP contribution in [0.1, 0.15) is 31.1 Å². The molecule has 0 saturated heterocycles. The van der Waals surface area contributed by atoms with Crippen molar-refractivity contribution < 1.29 is 9.13 Å². The van der Waals surface area contributed by atoms with E-state index in [1.54, 1.807) is 13.3 Å². The molecule has 1 aromatic heterocycles. The number of rotatable bonds is 5. The second-order valence-corrected chi connectivity index (χ2v) is 5.67. The lowest BCUT2D eigenvalue weighted by Gasteiger charge is -2.35. The molecule has 0 aliphatic carbocycles. The lowest BCUT2D eigenvalue weighted by atomic mass is 9.76. The van der Waals surface area contributed by atoms with Crippen LogP contribution in [0, 0.1) is 5.82 Å². The smallest absolute Gasteiger partial charge is 0.161 e. The van der Waals surface area contributed by atoms with Gasteiger partial charge < -0.3 is 10.1 Å². The van der Waals surface area contributed by atoms with Crippen molar-refractivity contribution >= 4 is 0 Å². The van der Waals surface area contributed by atoms with Crippen molar-refractivity contribution in [1.29, 1.82) is 0 Å². The second kappa shape index (κ2) is 5.85. The zero-order valence-corrected chi connectivity index (χ0v) is 13.1. The van der Waals surface area contributed by atoms with Gasteiger partial charge in [0.2, 0.25) is 0 Å². The number of hydrogen-bond donors (Lipinski definition) is 1. The Morgan fingerprint density at radius 3 is 2.43 bits per heavy atom. The summed E-state index contributed by atoms with van der Waals surface area (Å²) < 4.78 is 20.4. The molecule has 1 atom stereocenters. The summed E-state index contributed by atoms with van der Waals surface area (Å²) in [6.07, 6.45) is 1.71. The van der Waals surface area contributed by atoms with Crippen molar-refractivity contribution in [2.75, 3.05) is 14.2 Å². The van der Waals surface area contributed by atoms with Crippen LogP contribution in [0.5, 0.6) is 5.75 Å². The van der Waals surface area contributed by atoms with Gasteiger partial charge in [0.05, 0.1) is 25.0 Å². The molecule has 4 nitrogen and oxygen atoms in total. The van der Waals surface area contributed by atoms with Crippen LogP contribution in [0.15, 0.2) is 30.5 Å². The summed E-state index contributed by atoms with van der Waals surface area (Å²) in [4.78, 5) is 0. The maximum absolute atomic E-state index is 13.2. The van der Waals surface area contributed by atoms with Crippen LogP contribution >= 0.6 is 0 Å². The molecule has 2 rings (SSSR count). The number of benzene rings is 1. The Balaban J connectivity index is 2.48. The highest BCUT2D eigenvalue weighted by atomic mass is 19.1. The Labute approximate surface area is 124 Å². The normalized spacial score (nSPS) is 13.2. The lowest BCUT2D eigenvalue weighted by molar-refractivity contribution is 0.330. The van der Waals surface area contributed by atoms with Crippen molar-refractivity contribution in [2.45, 2.75) is 25.3 Å². The van der Waals surface area contributed by atoms with Gasteiger partial charge in [-0.05, 0) is 24.7 Å².